The van der Waals surface area contributed by atoms with E-state index in [2.05, 4.69) is 4.98 Å². The van der Waals surface area contributed by atoms with Crippen molar-refractivity contribution >= 4 is 11.3 Å². The fraction of sp³-hybridized carbons (Fsp3) is 0.500. The van der Waals surface area contributed by atoms with Crippen LogP contribution >= 0.6 is 11.3 Å². The smallest absolute Gasteiger partial charge is 0.240 e. The maximum atomic E-state index is 12.4. The predicted octanol–water partition coefficient (Wildman–Crippen LogP) is 2.56. The van der Waals surface area contributed by atoms with Crippen molar-refractivity contribution in [3.05, 3.63) is 16.1 Å². The fourth-order valence-corrected chi connectivity index (χ4v) is 1.26. The minimum Gasteiger partial charge on any atom is -0.240 e. The molecule has 0 aliphatic heterocycles. The average molecular weight is 163 g/mol. The molecule has 0 atom stereocenters. The van der Waals surface area contributed by atoms with E-state index >= 15 is 0 Å². The lowest BCUT2D eigenvalue weighted by Gasteiger charge is -2.03. The molecular formula is C6H7F2NS. The highest BCUT2D eigenvalue weighted by Gasteiger charge is 2.26. The van der Waals surface area contributed by atoms with Crippen LogP contribution in [0.2, 0.25) is 0 Å². The molecule has 1 nitrogen and oxygen atoms in total. The molecule has 0 bridgehead atoms. The lowest BCUT2D eigenvalue weighted by molar-refractivity contribution is 0.0133. The number of halogens is 2. The van der Waals surface area contributed by atoms with E-state index in [1.54, 1.807) is 6.92 Å². The largest absolute Gasteiger partial charge is 0.287 e. The first-order valence-corrected chi connectivity index (χ1v) is 3.68. The maximum Gasteiger partial charge on any atom is 0.287 e. The van der Waals surface area contributed by atoms with E-state index in [1.165, 1.54) is 16.7 Å². The lowest BCUT2D eigenvalue weighted by atomic mass is 10.3. The van der Waals surface area contributed by atoms with Gasteiger partial charge in [0, 0.05) is 12.3 Å². The van der Waals surface area contributed by atoms with Gasteiger partial charge in [0.1, 0.15) is 5.69 Å². The van der Waals surface area contributed by atoms with Crippen molar-refractivity contribution < 1.29 is 8.78 Å². The van der Waals surface area contributed by atoms with Gasteiger partial charge in [0.05, 0.1) is 5.01 Å². The van der Waals surface area contributed by atoms with Gasteiger partial charge in [0.25, 0.3) is 5.92 Å². The highest BCUT2D eigenvalue weighted by atomic mass is 32.1. The van der Waals surface area contributed by atoms with Crippen molar-refractivity contribution in [3.63, 3.8) is 0 Å². The maximum absolute atomic E-state index is 12.4. The third kappa shape index (κ3) is 1.50. The van der Waals surface area contributed by atoms with Crippen molar-refractivity contribution in [2.24, 2.45) is 0 Å². The number of aryl methyl sites for hydroxylation is 1. The van der Waals surface area contributed by atoms with Crippen LogP contribution in [0.5, 0.6) is 0 Å². The Morgan fingerprint density at radius 1 is 1.60 bits per heavy atom. The van der Waals surface area contributed by atoms with Crippen LogP contribution in [-0.2, 0) is 5.92 Å². The molecule has 0 saturated heterocycles. The second-order valence-corrected chi connectivity index (χ2v) is 3.20. The zero-order valence-corrected chi connectivity index (χ0v) is 6.51. The number of alkyl halides is 2. The summed E-state index contributed by atoms with van der Waals surface area (Å²) in [5, 5.41) is 2.06. The molecule has 0 saturated carbocycles. The predicted molar refractivity (Wildman–Crippen MR) is 36.4 cm³/mol. The van der Waals surface area contributed by atoms with Crippen LogP contribution in [0.3, 0.4) is 0 Å². The summed E-state index contributed by atoms with van der Waals surface area (Å²) in [5.74, 6) is -2.79. The Morgan fingerprint density at radius 3 is 2.40 bits per heavy atom. The van der Waals surface area contributed by atoms with Crippen LogP contribution in [0, 0.1) is 6.92 Å². The third-order valence-electron chi connectivity index (χ3n) is 1.07. The second kappa shape index (κ2) is 2.27. The van der Waals surface area contributed by atoms with Gasteiger partial charge in [0.2, 0.25) is 0 Å². The zero-order valence-electron chi connectivity index (χ0n) is 5.69. The Balaban J connectivity index is 2.96. The molecule has 1 aromatic rings. The van der Waals surface area contributed by atoms with E-state index in [-0.39, 0.29) is 5.69 Å². The number of rotatable bonds is 1. The van der Waals surface area contributed by atoms with Gasteiger partial charge in [-0.25, -0.2) is 4.98 Å². The lowest BCUT2D eigenvalue weighted by Crippen LogP contribution is -2.06. The summed E-state index contributed by atoms with van der Waals surface area (Å²) in [7, 11) is 0. The number of thiazole rings is 1. The molecule has 0 aromatic carbocycles. The van der Waals surface area contributed by atoms with E-state index in [4.69, 9.17) is 0 Å². The Bertz CT molecular complexity index is 226. The molecule has 0 unspecified atom stereocenters. The zero-order chi connectivity index (χ0) is 7.78. The first-order chi connectivity index (χ1) is 4.50. The van der Waals surface area contributed by atoms with Crippen molar-refractivity contribution in [2.45, 2.75) is 19.8 Å². The molecule has 1 aromatic heterocycles. The number of aromatic nitrogens is 1. The summed E-state index contributed by atoms with van der Waals surface area (Å²) in [5.41, 5.74) is -0.130. The molecule has 0 amide bonds. The molecule has 0 aliphatic rings. The van der Waals surface area contributed by atoms with Gasteiger partial charge >= 0.3 is 0 Å². The van der Waals surface area contributed by atoms with Gasteiger partial charge in [-0.2, -0.15) is 8.78 Å². The minimum absolute atomic E-state index is 0.130. The average Bonchev–Trinajstić information content (AvgIpc) is 2.11. The van der Waals surface area contributed by atoms with Gasteiger partial charge in [-0.05, 0) is 6.92 Å². The van der Waals surface area contributed by atoms with Crippen molar-refractivity contribution in [1.82, 2.24) is 4.98 Å². The number of hydrogen-bond donors (Lipinski definition) is 0. The molecule has 1 rings (SSSR count). The van der Waals surface area contributed by atoms with Gasteiger partial charge < -0.3 is 0 Å². The summed E-state index contributed by atoms with van der Waals surface area (Å²) < 4.78 is 24.8. The second-order valence-electron chi connectivity index (χ2n) is 2.14. The fourth-order valence-electron chi connectivity index (χ4n) is 0.565. The quantitative estimate of drug-likeness (QED) is 0.620. The van der Waals surface area contributed by atoms with Crippen LogP contribution in [0.1, 0.15) is 17.6 Å². The van der Waals surface area contributed by atoms with E-state index < -0.39 is 5.92 Å². The first-order valence-electron chi connectivity index (χ1n) is 2.80. The highest BCUT2D eigenvalue weighted by molar-refractivity contribution is 7.09. The Morgan fingerprint density at radius 2 is 2.20 bits per heavy atom. The molecule has 56 valence electrons. The Labute approximate surface area is 61.7 Å². The monoisotopic (exact) mass is 163 g/mol. The molecular weight excluding hydrogens is 156 g/mol. The summed E-state index contributed by atoms with van der Waals surface area (Å²) in [6, 6.07) is 0. The molecule has 0 fully saturated rings. The summed E-state index contributed by atoms with van der Waals surface area (Å²) in [6.45, 7) is 2.56. The molecule has 4 heteroatoms. The third-order valence-corrected chi connectivity index (χ3v) is 1.84. The standard InChI is InChI=1S/C6H7F2NS/c1-4-9-5(3-10-4)6(2,7)8/h3H,1-2H3. The van der Waals surface area contributed by atoms with Gasteiger partial charge in [0.15, 0.2) is 0 Å². The van der Waals surface area contributed by atoms with Crippen molar-refractivity contribution in [3.8, 4) is 0 Å². The molecule has 0 radical (unpaired) electrons. The molecule has 10 heavy (non-hydrogen) atoms. The van der Waals surface area contributed by atoms with Crippen molar-refractivity contribution in [2.75, 3.05) is 0 Å². The topological polar surface area (TPSA) is 12.9 Å². The summed E-state index contributed by atoms with van der Waals surface area (Å²) >= 11 is 1.24. The molecule has 0 N–H and O–H groups in total. The van der Waals surface area contributed by atoms with Crippen molar-refractivity contribution in [1.29, 1.82) is 0 Å². The Hall–Kier alpha value is -0.510. The normalized spacial score (nSPS) is 12.0. The van der Waals surface area contributed by atoms with E-state index in [1.807, 2.05) is 0 Å². The van der Waals surface area contributed by atoms with E-state index in [0.29, 0.717) is 5.01 Å². The van der Waals surface area contributed by atoms with Gasteiger partial charge in [-0.1, -0.05) is 0 Å². The highest BCUT2D eigenvalue weighted by Crippen LogP contribution is 2.27. The van der Waals surface area contributed by atoms with E-state index in [0.717, 1.165) is 6.92 Å². The summed E-state index contributed by atoms with van der Waals surface area (Å²) in [6.07, 6.45) is 0. The van der Waals surface area contributed by atoms with Gasteiger partial charge in [-0.3, -0.25) is 0 Å². The van der Waals surface area contributed by atoms with Gasteiger partial charge in [-0.15, -0.1) is 11.3 Å². The van der Waals surface area contributed by atoms with E-state index in [9.17, 15) is 8.78 Å². The van der Waals surface area contributed by atoms with Crippen LogP contribution in [-0.4, -0.2) is 4.98 Å². The number of hydrogen-bond acceptors (Lipinski definition) is 2. The molecule has 0 spiro atoms. The summed E-state index contributed by atoms with van der Waals surface area (Å²) in [4.78, 5) is 3.65. The Kier molecular flexibility index (Phi) is 1.72. The van der Waals surface area contributed by atoms with Crippen LogP contribution < -0.4 is 0 Å². The van der Waals surface area contributed by atoms with Crippen LogP contribution in [0.25, 0.3) is 0 Å². The minimum atomic E-state index is -2.79. The molecule has 0 aliphatic carbocycles. The SMILES string of the molecule is Cc1nc(C(C)(F)F)cs1. The first kappa shape index (κ1) is 7.60. The van der Waals surface area contributed by atoms with Crippen LogP contribution in [0.15, 0.2) is 5.38 Å². The number of nitrogens with zero attached hydrogens (tertiary/aromatic N) is 1. The van der Waals surface area contributed by atoms with Crippen LogP contribution in [0.4, 0.5) is 8.78 Å². The molecule has 1 heterocycles.